The molecule has 116 valence electrons. The molecule has 0 aromatic carbocycles. The maximum atomic E-state index is 12.5. The number of fused-ring (bicyclic) bond motifs is 1. The van der Waals surface area contributed by atoms with Gasteiger partial charge < -0.3 is 20.0 Å². The quantitative estimate of drug-likeness (QED) is 0.884. The van der Waals surface area contributed by atoms with Crippen molar-refractivity contribution >= 4 is 23.3 Å². The predicted molar refractivity (Wildman–Crippen MR) is 79.4 cm³/mol. The number of aliphatic hydroxyl groups is 1. The van der Waals surface area contributed by atoms with Crippen molar-refractivity contribution in [3.63, 3.8) is 0 Å². The Labute approximate surface area is 127 Å². The van der Waals surface area contributed by atoms with E-state index in [2.05, 4.69) is 0 Å². The monoisotopic (exact) mass is 312 g/mol. The van der Waals surface area contributed by atoms with Crippen LogP contribution in [0.2, 0.25) is 0 Å². The van der Waals surface area contributed by atoms with Gasteiger partial charge in [0.2, 0.25) is 0 Å². The minimum absolute atomic E-state index is 0.306. The molecule has 0 aliphatic carbocycles. The molecule has 6 nitrogen and oxygen atoms in total. The van der Waals surface area contributed by atoms with E-state index in [1.807, 2.05) is 5.38 Å². The van der Waals surface area contributed by atoms with Crippen molar-refractivity contribution in [1.29, 1.82) is 0 Å². The molecule has 7 heteroatoms. The Morgan fingerprint density at radius 3 is 2.90 bits per heavy atom. The summed E-state index contributed by atoms with van der Waals surface area (Å²) in [5, 5.41) is 20.6. The van der Waals surface area contributed by atoms with E-state index in [-0.39, 0.29) is 6.03 Å². The normalized spacial score (nSPS) is 19.0. The number of hydrogen-bond donors (Lipinski definition) is 2. The molecule has 0 saturated carbocycles. The number of carbonyl (C=O) groups excluding carboxylic acids is 1. The first-order valence-electron chi connectivity index (χ1n) is 6.90. The number of hydrogen-bond acceptors (Lipinski definition) is 4. The van der Waals surface area contributed by atoms with Crippen LogP contribution in [0.3, 0.4) is 0 Å². The van der Waals surface area contributed by atoms with Gasteiger partial charge in [-0.3, -0.25) is 0 Å². The Morgan fingerprint density at radius 1 is 1.57 bits per heavy atom. The SMILES string of the molecule is CC(O)CCN(C)C(=O)N1CCc2sccc2C1C(=O)O. The molecule has 1 aliphatic rings. The number of rotatable bonds is 4. The zero-order valence-electron chi connectivity index (χ0n) is 12.2. The van der Waals surface area contributed by atoms with Crippen LogP contribution >= 0.6 is 11.3 Å². The molecule has 0 saturated heterocycles. The number of carbonyl (C=O) groups is 2. The fourth-order valence-electron chi connectivity index (χ4n) is 2.48. The van der Waals surface area contributed by atoms with E-state index in [0.717, 1.165) is 10.4 Å². The van der Waals surface area contributed by atoms with Crippen LogP contribution < -0.4 is 0 Å². The number of carboxylic acid groups (broad SMARTS) is 1. The van der Waals surface area contributed by atoms with Crippen molar-refractivity contribution in [2.45, 2.75) is 31.9 Å². The number of nitrogens with zero attached hydrogens (tertiary/aromatic N) is 2. The number of carboxylic acids is 1. The summed E-state index contributed by atoms with van der Waals surface area (Å²) in [6, 6.07) is 0.565. The van der Waals surface area contributed by atoms with Crippen molar-refractivity contribution in [2.24, 2.45) is 0 Å². The first-order chi connectivity index (χ1) is 9.91. The predicted octanol–water partition coefficient (Wildman–Crippen LogP) is 1.55. The van der Waals surface area contributed by atoms with E-state index in [9.17, 15) is 19.8 Å². The second-order valence-corrected chi connectivity index (χ2v) is 6.33. The summed E-state index contributed by atoms with van der Waals surface area (Å²) in [6.07, 6.45) is 0.671. The molecular weight excluding hydrogens is 292 g/mol. The maximum Gasteiger partial charge on any atom is 0.331 e. The molecule has 21 heavy (non-hydrogen) atoms. The number of amides is 2. The highest BCUT2D eigenvalue weighted by atomic mass is 32.1. The summed E-state index contributed by atoms with van der Waals surface area (Å²) in [4.78, 5) is 28.0. The molecule has 0 spiro atoms. The van der Waals surface area contributed by atoms with E-state index in [4.69, 9.17) is 0 Å². The van der Waals surface area contributed by atoms with E-state index < -0.39 is 18.1 Å². The standard InChI is InChI=1S/C14H20N2O4S/c1-9(17)3-6-15(2)14(20)16-7-4-11-10(5-8-21-11)12(16)13(18)19/h5,8-9,12,17H,3-4,6-7H2,1-2H3,(H,18,19). The number of aliphatic carboxylic acids is 1. The molecule has 0 radical (unpaired) electrons. The molecule has 2 rings (SSSR count). The summed E-state index contributed by atoms with van der Waals surface area (Å²) >= 11 is 1.53. The van der Waals surface area contributed by atoms with Gasteiger partial charge in [-0.05, 0) is 36.8 Å². The van der Waals surface area contributed by atoms with Gasteiger partial charge in [0.15, 0.2) is 6.04 Å². The second kappa shape index (κ2) is 6.44. The molecule has 1 aromatic heterocycles. The lowest BCUT2D eigenvalue weighted by atomic mass is 10.0. The highest BCUT2D eigenvalue weighted by molar-refractivity contribution is 7.10. The summed E-state index contributed by atoms with van der Waals surface area (Å²) in [5.41, 5.74) is 0.719. The van der Waals surface area contributed by atoms with Crippen molar-refractivity contribution in [3.05, 3.63) is 21.9 Å². The molecule has 2 unspecified atom stereocenters. The van der Waals surface area contributed by atoms with E-state index in [1.54, 1.807) is 20.0 Å². The minimum Gasteiger partial charge on any atom is -0.479 e. The summed E-state index contributed by atoms with van der Waals surface area (Å²) in [6.45, 7) is 2.47. The highest BCUT2D eigenvalue weighted by Gasteiger charge is 2.37. The number of thiophene rings is 1. The second-order valence-electron chi connectivity index (χ2n) is 5.33. The van der Waals surface area contributed by atoms with Gasteiger partial charge in [0.1, 0.15) is 0 Å². The smallest absolute Gasteiger partial charge is 0.331 e. The molecule has 2 N–H and O–H groups in total. The maximum absolute atomic E-state index is 12.5. The first kappa shape index (κ1) is 15.8. The minimum atomic E-state index is -1.01. The molecule has 0 bridgehead atoms. The zero-order chi connectivity index (χ0) is 15.6. The van der Waals surface area contributed by atoms with E-state index in [1.165, 1.54) is 21.1 Å². The van der Waals surface area contributed by atoms with Crippen LogP contribution in [0.1, 0.15) is 29.8 Å². The Balaban J connectivity index is 2.15. The van der Waals surface area contributed by atoms with Gasteiger partial charge in [0, 0.05) is 25.0 Å². The lowest BCUT2D eigenvalue weighted by Crippen LogP contribution is -2.48. The Morgan fingerprint density at radius 2 is 2.29 bits per heavy atom. The van der Waals surface area contributed by atoms with Crippen molar-refractivity contribution in [2.75, 3.05) is 20.1 Å². The molecule has 0 fully saturated rings. The third-order valence-electron chi connectivity index (χ3n) is 3.65. The van der Waals surface area contributed by atoms with Gasteiger partial charge in [-0.25, -0.2) is 9.59 Å². The fraction of sp³-hybridized carbons (Fsp3) is 0.571. The number of aliphatic hydroxyl groups excluding tert-OH is 1. The average Bonchev–Trinajstić information content (AvgIpc) is 2.90. The van der Waals surface area contributed by atoms with Crippen LogP contribution in [-0.4, -0.2) is 58.3 Å². The van der Waals surface area contributed by atoms with Gasteiger partial charge in [0.25, 0.3) is 0 Å². The molecule has 2 atom stereocenters. The Hall–Kier alpha value is -1.60. The van der Waals surface area contributed by atoms with E-state index >= 15 is 0 Å². The van der Waals surface area contributed by atoms with Crippen LogP contribution in [0.5, 0.6) is 0 Å². The molecule has 2 amide bonds. The van der Waals surface area contributed by atoms with Crippen molar-refractivity contribution in [3.8, 4) is 0 Å². The largest absolute Gasteiger partial charge is 0.479 e. The van der Waals surface area contributed by atoms with Gasteiger partial charge in [-0.15, -0.1) is 11.3 Å². The van der Waals surface area contributed by atoms with Crippen molar-refractivity contribution < 1.29 is 19.8 Å². The van der Waals surface area contributed by atoms with Crippen LogP contribution in [0.4, 0.5) is 4.79 Å². The molecule has 2 heterocycles. The Bertz CT molecular complexity index is 529. The zero-order valence-corrected chi connectivity index (χ0v) is 13.0. The summed E-state index contributed by atoms with van der Waals surface area (Å²) in [5.74, 6) is -1.01. The van der Waals surface area contributed by atoms with Gasteiger partial charge >= 0.3 is 12.0 Å². The summed E-state index contributed by atoms with van der Waals surface area (Å²) < 4.78 is 0. The van der Waals surface area contributed by atoms with Crippen LogP contribution in [0.25, 0.3) is 0 Å². The van der Waals surface area contributed by atoms with Gasteiger partial charge in [0.05, 0.1) is 6.10 Å². The number of urea groups is 1. The average molecular weight is 312 g/mol. The highest BCUT2D eigenvalue weighted by Crippen LogP contribution is 2.33. The lowest BCUT2D eigenvalue weighted by Gasteiger charge is -2.36. The Kier molecular flexibility index (Phi) is 4.84. The van der Waals surface area contributed by atoms with Gasteiger partial charge in [-0.1, -0.05) is 0 Å². The third kappa shape index (κ3) is 3.36. The molecule has 1 aliphatic heterocycles. The fourth-order valence-corrected chi connectivity index (χ4v) is 3.39. The third-order valence-corrected chi connectivity index (χ3v) is 4.65. The van der Waals surface area contributed by atoms with Crippen LogP contribution in [0, 0.1) is 0 Å². The molecular formula is C14H20N2O4S. The van der Waals surface area contributed by atoms with Crippen LogP contribution in [-0.2, 0) is 11.2 Å². The topological polar surface area (TPSA) is 81.1 Å². The van der Waals surface area contributed by atoms with Crippen molar-refractivity contribution in [1.82, 2.24) is 9.80 Å². The first-order valence-corrected chi connectivity index (χ1v) is 7.78. The summed E-state index contributed by atoms with van der Waals surface area (Å²) in [7, 11) is 1.63. The van der Waals surface area contributed by atoms with Crippen LogP contribution in [0.15, 0.2) is 11.4 Å². The lowest BCUT2D eigenvalue weighted by molar-refractivity contribution is -0.143. The van der Waals surface area contributed by atoms with Gasteiger partial charge in [-0.2, -0.15) is 0 Å². The van der Waals surface area contributed by atoms with E-state index in [0.29, 0.717) is 25.9 Å². The molecule has 1 aromatic rings.